The molecule has 0 saturated carbocycles. The number of halogens is 2. The van der Waals surface area contributed by atoms with Crippen LogP contribution in [-0.2, 0) is 19.4 Å². The molecule has 1 aromatic heterocycles. The van der Waals surface area contributed by atoms with Gasteiger partial charge >= 0.3 is 0 Å². The molecule has 0 aliphatic rings. The first kappa shape index (κ1) is 18.0. The number of aryl methyl sites for hydroxylation is 2. The van der Waals surface area contributed by atoms with E-state index in [9.17, 15) is 0 Å². The second-order valence-electron chi connectivity index (χ2n) is 6.42. The van der Waals surface area contributed by atoms with Crippen LogP contribution in [0.2, 0.25) is 10.0 Å². The molecule has 0 radical (unpaired) electrons. The van der Waals surface area contributed by atoms with Crippen LogP contribution in [0.1, 0.15) is 24.0 Å². The van der Waals surface area contributed by atoms with Gasteiger partial charge in [-0.3, -0.25) is 0 Å². The molecule has 130 valence electrons. The van der Waals surface area contributed by atoms with E-state index in [4.69, 9.17) is 23.2 Å². The lowest BCUT2D eigenvalue weighted by Gasteiger charge is -2.18. The van der Waals surface area contributed by atoms with Gasteiger partial charge in [-0.1, -0.05) is 59.6 Å². The zero-order chi connectivity index (χ0) is 17.5. The predicted molar refractivity (Wildman–Crippen MR) is 105 cm³/mol. The summed E-state index contributed by atoms with van der Waals surface area (Å²) in [5.41, 5.74) is 2.56. The molecule has 1 atom stereocenters. The van der Waals surface area contributed by atoms with Gasteiger partial charge in [0.1, 0.15) is 0 Å². The van der Waals surface area contributed by atoms with Gasteiger partial charge in [0.25, 0.3) is 0 Å². The topological polar surface area (TPSA) is 17.8 Å². The first-order chi connectivity index (χ1) is 12.2. The molecule has 1 unspecified atom stereocenters. The molecule has 2 aromatic carbocycles. The largest absolute Gasteiger partial charge is 0.337 e. The first-order valence-electron chi connectivity index (χ1n) is 8.64. The van der Waals surface area contributed by atoms with Crippen molar-refractivity contribution in [1.82, 2.24) is 9.55 Å². The summed E-state index contributed by atoms with van der Waals surface area (Å²) in [6.07, 6.45) is 10.1. The van der Waals surface area contributed by atoms with Gasteiger partial charge in [-0.2, -0.15) is 0 Å². The maximum atomic E-state index is 6.33. The average molecular weight is 373 g/mol. The number of imidazole rings is 1. The lowest BCUT2D eigenvalue weighted by molar-refractivity contribution is 0.388. The SMILES string of the molecule is Clc1ccc(CCC(CCc2ccccc2)Cn2ccnc2)c(Cl)c1. The van der Waals surface area contributed by atoms with Crippen molar-refractivity contribution < 1.29 is 0 Å². The molecule has 3 rings (SSSR count). The second-order valence-corrected chi connectivity index (χ2v) is 7.27. The molecule has 2 nitrogen and oxygen atoms in total. The minimum absolute atomic E-state index is 0.571. The van der Waals surface area contributed by atoms with Gasteiger partial charge in [-0.05, 0) is 54.9 Å². The third kappa shape index (κ3) is 5.62. The summed E-state index contributed by atoms with van der Waals surface area (Å²) in [6.45, 7) is 0.984. The van der Waals surface area contributed by atoms with Crippen LogP contribution in [0.15, 0.2) is 67.3 Å². The summed E-state index contributed by atoms with van der Waals surface area (Å²) in [7, 11) is 0. The van der Waals surface area contributed by atoms with Crippen LogP contribution in [-0.4, -0.2) is 9.55 Å². The smallest absolute Gasteiger partial charge is 0.0945 e. The van der Waals surface area contributed by atoms with Crippen molar-refractivity contribution in [3.05, 3.63) is 88.4 Å². The third-order valence-electron chi connectivity index (χ3n) is 4.55. The standard InChI is InChI=1S/C21H22Cl2N2/c22-20-11-10-19(21(23)14-20)9-8-18(15-25-13-12-24-16-25)7-6-17-4-2-1-3-5-17/h1-5,10-14,16,18H,6-9,15H2. The quantitative estimate of drug-likeness (QED) is 0.468. The Morgan fingerprint density at radius 2 is 1.76 bits per heavy atom. The van der Waals surface area contributed by atoms with Crippen molar-refractivity contribution in [2.45, 2.75) is 32.2 Å². The molecule has 0 amide bonds. The molecule has 1 heterocycles. The zero-order valence-electron chi connectivity index (χ0n) is 14.1. The first-order valence-corrected chi connectivity index (χ1v) is 9.40. The Labute approximate surface area is 159 Å². The molecule has 3 aromatic rings. The highest BCUT2D eigenvalue weighted by atomic mass is 35.5. The Morgan fingerprint density at radius 1 is 0.960 bits per heavy atom. The Bertz CT molecular complexity index is 770. The summed E-state index contributed by atoms with van der Waals surface area (Å²) in [4.78, 5) is 4.16. The predicted octanol–water partition coefficient (Wildman–Crippen LogP) is 6.07. The van der Waals surface area contributed by atoms with Gasteiger partial charge in [-0.15, -0.1) is 0 Å². The molecule has 4 heteroatoms. The van der Waals surface area contributed by atoms with E-state index in [1.54, 1.807) is 0 Å². The molecule has 0 bridgehead atoms. The number of benzene rings is 2. The number of hydrogen-bond acceptors (Lipinski definition) is 1. The van der Waals surface area contributed by atoms with Crippen molar-refractivity contribution in [2.75, 3.05) is 0 Å². The maximum absolute atomic E-state index is 6.33. The zero-order valence-corrected chi connectivity index (χ0v) is 15.6. The molecule has 0 saturated heterocycles. The van der Waals surface area contributed by atoms with Crippen LogP contribution in [0.4, 0.5) is 0 Å². The van der Waals surface area contributed by atoms with Crippen LogP contribution in [0.5, 0.6) is 0 Å². The number of nitrogens with zero attached hydrogens (tertiary/aromatic N) is 2. The molecule has 0 aliphatic carbocycles. The van der Waals surface area contributed by atoms with Crippen LogP contribution in [0.3, 0.4) is 0 Å². The van der Waals surface area contributed by atoms with E-state index in [1.165, 1.54) is 11.1 Å². The summed E-state index contributed by atoms with van der Waals surface area (Å²) in [6, 6.07) is 16.5. The van der Waals surface area contributed by atoms with Gasteiger partial charge in [0, 0.05) is 29.0 Å². The summed E-state index contributed by atoms with van der Waals surface area (Å²) in [5.74, 6) is 0.571. The minimum atomic E-state index is 0.571. The Balaban J connectivity index is 1.63. The van der Waals surface area contributed by atoms with Crippen LogP contribution in [0.25, 0.3) is 0 Å². The van der Waals surface area contributed by atoms with Crippen molar-refractivity contribution >= 4 is 23.2 Å². The maximum Gasteiger partial charge on any atom is 0.0945 e. The normalized spacial score (nSPS) is 12.2. The van der Waals surface area contributed by atoms with Crippen LogP contribution in [0, 0.1) is 5.92 Å². The fraction of sp³-hybridized carbons (Fsp3) is 0.286. The van der Waals surface area contributed by atoms with E-state index in [2.05, 4.69) is 39.9 Å². The summed E-state index contributed by atoms with van der Waals surface area (Å²) < 4.78 is 2.17. The highest BCUT2D eigenvalue weighted by Gasteiger charge is 2.12. The average Bonchev–Trinajstić information content (AvgIpc) is 3.12. The lowest BCUT2D eigenvalue weighted by Crippen LogP contribution is -2.12. The lowest BCUT2D eigenvalue weighted by atomic mass is 9.93. The second kappa shape index (κ2) is 9.07. The Hall–Kier alpha value is -1.77. The van der Waals surface area contributed by atoms with Crippen molar-refractivity contribution in [1.29, 1.82) is 0 Å². The minimum Gasteiger partial charge on any atom is -0.337 e. The Kier molecular flexibility index (Phi) is 6.55. The van der Waals surface area contributed by atoms with E-state index < -0.39 is 0 Å². The highest BCUT2D eigenvalue weighted by Crippen LogP contribution is 2.25. The molecule has 0 N–H and O–H groups in total. The van der Waals surface area contributed by atoms with E-state index in [-0.39, 0.29) is 0 Å². The molecule has 0 aliphatic heterocycles. The molecule has 0 spiro atoms. The van der Waals surface area contributed by atoms with Gasteiger partial charge in [-0.25, -0.2) is 4.98 Å². The molecular formula is C21H22Cl2N2. The van der Waals surface area contributed by atoms with Crippen molar-refractivity contribution in [3.63, 3.8) is 0 Å². The monoisotopic (exact) mass is 372 g/mol. The third-order valence-corrected chi connectivity index (χ3v) is 5.14. The number of rotatable bonds is 8. The van der Waals surface area contributed by atoms with E-state index in [1.807, 2.05) is 36.9 Å². The molecular weight excluding hydrogens is 351 g/mol. The molecule has 0 fully saturated rings. The van der Waals surface area contributed by atoms with E-state index in [0.29, 0.717) is 10.9 Å². The van der Waals surface area contributed by atoms with Crippen molar-refractivity contribution in [3.8, 4) is 0 Å². The Morgan fingerprint density at radius 3 is 2.48 bits per heavy atom. The van der Waals surface area contributed by atoms with E-state index in [0.717, 1.165) is 37.3 Å². The van der Waals surface area contributed by atoms with Gasteiger partial charge in [0.15, 0.2) is 0 Å². The fourth-order valence-electron chi connectivity index (χ4n) is 3.12. The number of hydrogen-bond donors (Lipinski definition) is 0. The van der Waals surface area contributed by atoms with Gasteiger partial charge in [0.2, 0.25) is 0 Å². The van der Waals surface area contributed by atoms with Crippen LogP contribution < -0.4 is 0 Å². The molecule has 25 heavy (non-hydrogen) atoms. The van der Waals surface area contributed by atoms with E-state index >= 15 is 0 Å². The fourth-order valence-corrected chi connectivity index (χ4v) is 3.62. The summed E-state index contributed by atoms with van der Waals surface area (Å²) >= 11 is 12.3. The number of aromatic nitrogens is 2. The van der Waals surface area contributed by atoms with Gasteiger partial charge in [0.05, 0.1) is 6.33 Å². The van der Waals surface area contributed by atoms with Crippen LogP contribution >= 0.6 is 23.2 Å². The van der Waals surface area contributed by atoms with Gasteiger partial charge < -0.3 is 4.57 Å². The highest BCUT2D eigenvalue weighted by molar-refractivity contribution is 6.35. The van der Waals surface area contributed by atoms with Crippen molar-refractivity contribution in [2.24, 2.45) is 5.92 Å². The summed E-state index contributed by atoms with van der Waals surface area (Å²) in [5, 5.41) is 1.45.